The molecule has 2 atom stereocenters. The molecular weight excluding hydrogens is 336 g/mol. The second-order valence-corrected chi connectivity index (χ2v) is 6.60. The van der Waals surface area contributed by atoms with Crippen LogP contribution in [0.25, 0.3) is 5.70 Å². The first-order valence-corrected chi connectivity index (χ1v) is 8.56. The molecule has 0 spiro atoms. The molecule has 2 amide bonds. The van der Waals surface area contributed by atoms with Gasteiger partial charge in [0.25, 0.3) is 11.8 Å². The van der Waals surface area contributed by atoms with E-state index >= 15 is 0 Å². The third kappa shape index (κ3) is 3.62. The van der Waals surface area contributed by atoms with Gasteiger partial charge >= 0.3 is 5.97 Å². The maximum Gasteiger partial charge on any atom is 0.326 e. The third-order valence-electron chi connectivity index (χ3n) is 4.46. The van der Waals surface area contributed by atoms with Crippen molar-refractivity contribution in [1.29, 1.82) is 0 Å². The number of hydrogen-bond acceptors (Lipinski definition) is 5. The van der Waals surface area contributed by atoms with Crippen LogP contribution in [0.4, 0.5) is 0 Å². The molecule has 0 aliphatic carbocycles. The Kier molecular flexibility index (Phi) is 5.08. The van der Waals surface area contributed by atoms with E-state index < -0.39 is 5.97 Å². The second-order valence-electron chi connectivity index (χ2n) is 6.60. The lowest BCUT2D eigenvalue weighted by Crippen LogP contribution is -2.49. The van der Waals surface area contributed by atoms with Crippen molar-refractivity contribution in [2.45, 2.75) is 26.1 Å². The molecule has 138 valence electrons. The smallest absolute Gasteiger partial charge is 0.326 e. The number of benzene rings is 1. The van der Waals surface area contributed by atoms with Crippen LogP contribution in [0.1, 0.15) is 29.8 Å². The first-order chi connectivity index (χ1) is 12.4. The summed E-state index contributed by atoms with van der Waals surface area (Å²) in [7, 11) is 0. The molecule has 2 aliphatic heterocycles. The average Bonchev–Trinajstić information content (AvgIpc) is 2.84. The fourth-order valence-corrected chi connectivity index (χ4v) is 3.29. The van der Waals surface area contributed by atoms with Crippen LogP contribution < -0.4 is 0 Å². The number of carbonyl (C=O) groups is 3. The average molecular weight is 358 g/mol. The largest absolute Gasteiger partial charge is 0.454 e. The summed E-state index contributed by atoms with van der Waals surface area (Å²) in [5.41, 5.74) is 1.68. The van der Waals surface area contributed by atoms with Crippen LogP contribution >= 0.6 is 0 Å². The van der Waals surface area contributed by atoms with Crippen molar-refractivity contribution in [3.63, 3.8) is 0 Å². The summed E-state index contributed by atoms with van der Waals surface area (Å²) in [6, 6.07) is 7.04. The molecule has 26 heavy (non-hydrogen) atoms. The van der Waals surface area contributed by atoms with Crippen LogP contribution in [0.5, 0.6) is 0 Å². The van der Waals surface area contributed by atoms with Gasteiger partial charge in [0, 0.05) is 29.9 Å². The van der Waals surface area contributed by atoms with Crippen LogP contribution in [0.15, 0.2) is 30.8 Å². The molecule has 0 saturated carbocycles. The molecule has 2 heterocycles. The quantitative estimate of drug-likeness (QED) is 0.758. The lowest BCUT2D eigenvalue weighted by Gasteiger charge is -2.35. The molecule has 2 unspecified atom stereocenters. The summed E-state index contributed by atoms with van der Waals surface area (Å²) in [6.07, 6.45) is -0.107. The van der Waals surface area contributed by atoms with E-state index in [4.69, 9.17) is 9.47 Å². The topological polar surface area (TPSA) is 76.2 Å². The number of fused-ring (bicyclic) bond motifs is 1. The molecule has 7 heteroatoms. The molecular formula is C19H22N2O5. The van der Waals surface area contributed by atoms with E-state index in [2.05, 4.69) is 6.58 Å². The van der Waals surface area contributed by atoms with Crippen LogP contribution in [-0.4, -0.2) is 66.0 Å². The van der Waals surface area contributed by atoms with E-state index in [1.165, 1.54) is 4.90 Å². The van der Waals surface area contributed by atoms with Gasteiger partial charge in [0.2, 0.25) is 0 Å². The van der Waals surface area contributed by atoms with Gasteiger partial charge in [-0.25, -0.2) is 0 Å². The lowest BCUT2D eigenvalue weighted by atomic mass is 10.1. The summed E-state index contributed by atoms with van der Waals surface area (Å²) >= 11 is 0. The van der Waals surface area contributed by atoms with Gasteiger partial charge in [0.1, 0.15) is 6.54 Å². The van der Waals surface area contributed by atoms with Gasteiger partial charge in [-0.2, -0.15) is 0 Å². The second kappa shape index (κ2) is 7.29. The predicted octanol–water partition coefficient (Wildman–Crippen LogP) is 1.29. The fraction of sp³-hybridized carbons (Fsp3) is 0.421. The zero-order valence-electron chi connectivity index (χ0n) is 14.9. The van der Waals surface area contributed by atoms with Crippen molar-refractivity contribution < 1.29 is 23.9 Å². The Hall–Kier alpha value is -2.67. The molecule has 3 rings (SSSR count). The zero-order chi connectivity index (χ0) is 18.8. The Labute approximate surface area is 152 Å². The molecule has 0 N–H and O–H groups in total. The van der Waals surface area contributed by atoms with E-state index in [1.54, 1.807) is 23.1 Å². The Morgan fingerprint density at radius 3 is 2.42 bits per heavy atom. The minimum Gasteiger partial charge on any atom is -0.454 e. The standard InChI is InChI=1S/C19H22N2O5/c1-12-8-20(9-13(2)26-12)17(22)11-25-18(23)10-21-14(3)15-6-4-5-7-16(15)19(21)24/h4-7,12-13H,3,8-11H2,1-2H3. The van der Waals surface area contributed by atoms with Gasteiger partial charge in [0.05, 0.1) is 12.2 Å². The number of morpholine rings is 1. The Morgan fingerprint density at radius 2 is 1.81 bits per heavy atom. The maximum atomic E-state index is 12.4. The first kappa shape index (κ1) is 18.1. The summed E-state index contributed by atoms with van der Waals surface area (Å²) in [6.45, 7) is 7.98. The van der Waals surface area contributed by atoms with E-state index in [9.17, 15) is 14.4 Å². The Morgan fingerprint density at radius 1 is 1.19 bits per heavy atom. The predicted molar refractivity (Wildman–Crippen MR) is 94.1 cm³/mol. The number of rotatable bonds is 4. The van der Waals surface area contributed by atoms with E-state index in [0.717, 1.165) is 0 Å². The molecule has 0 radical (unpaired) electrons. The van der Waals surface area contributed by atoms with E-state index in [1.807, 2.05) is 19.9 Å². The zero-order valence-corrected chi connectivity index (χ0v) is 14.9. The van der Waals surface area contributed by atoms with Gasteiger partial charge in [0.15, 0.2) is 6.61 Å². The molecule has 1 aromatic rings. The van der Waals surface area contributed by atoms with Crippen LogP contribution in [-0.2, 0) is 19.1 Å². The molecule has 0 aromatic heterocycles. The number of nitrogens with zero attached hydrogens (tertiary/aromatic N) is 2. The van der Waals surface area contributed by atoms with Crippen molar-refractivity contribution in [2.24, 2.45) is 0 Å². The monoisotopic (exact) mass is 358 g/mol. The fourth-order valence-electron chi connectivity index (χ4n) is 3.29. The molecule has 1 fully saturated rings. The molecule has 2 aliphatic rings. The highest BCUT2D eigenvalue weighted by atomic mass is 16.5. The van der Waals surface area contributed by atoms with E-state index in [0.29, 0.717) is 29.9 Å². The van der Waals surface area contributed by atoms with Crippen molar-refractivity contribution in [3.05, 3.63) is 42.0 Å². The number of hydrogen-bond donors (Lipinski definition) is 0. The highest BCUT2D eigenvalue weighted by Crippen LogP contribution is 2.30. The molecule has 7 nitrogen and oxygen atoms in total. The van der Waals surface area contributed by atoms with Crippen molar-refractivity contribution in [2.75, 3.05) is 26.2 Å². The van der Waals surface area contributed by atoms with Crippen LogP contribution in [0.2, 0.25) is 0 Å². The molecule has 1 saturated heterocycles. The SMILES string of the molecule is C=C1c2ccccc2C(=O)N1CC(=O)OCC(=O)N1CC(C)OC(C)C1. The van der Waals surface area contributed by atoms with Gasteiger partial charge in [-0.05, 0) is 19.9 Å². The normalized spacial score (nSPS) is 22.4. The van der Waals surface area contributed by atoms with Crippen molar-refractivity contribution in [3.8, 4) is 0 Å². The highest BCUT2D eigenvalue weighted by molar-refractivity contribution is 6.10. The number of ether oxygens (including phenoxy) is 2. The maximum absolute atomic E-state index is 12.4. The minimum absolute atomic E-state index is 0.0533. The van der Waals surface area contributed by atoms with Gasteiger partial charge in [-0.1, -0.05) is 24.8 Å². The lowest BCUT2D eigenvalue weighted by molar-refractivity contribution is -0.157. The minimum atomic E-state index is -0.644. The van der Waals surface area contributed by atoms with E-state index in [-0.39, 0.29) is 37.2 Å². The third-order valence-corrected chi connectivity index (χ3v) is 4.46. The molecule has 1 aromatic carbocycles. The number of esters is 1. The van der Waals surface area contributed by atoms with Crippen LogP contribution in [0, 0.1) is 0 Å². The first-order valence-electron chi connectivity index (χ1n) is 8.56. The Balaban J connectivity index is 1.53. The summed E-state index contributed by atoms with van der Waals surface area (Å²) in [5.74, 6) is -1.20. The highest BCUT2D eigenvalue weighted by Gasteiger charge is 2.33. The Bertz CT molecular complexity index is 715. The summed E-state index contributed by atoms with van der Waals surface area (Å²) < 4.78 is 10.7. The number of amides is 2. The number of carbonyl (C=O) groups excluding carboxylic acids is 3. The van der Waals surface area contributed by atoms with Gasteiger partial charge < -0.3 is 14.4 Å². The van der Waals surface area contributed by atoms with Crippen molar-refractivity contribution >= 4 is 23.5 Å². The van der Waals surface area contributed by atoms with Crippen molar-refractivity contribution in [1.82, 2.24) is 9.80 Å². The summed E-state index contributed by atoms with van der Waals surface area (Å²) in [5, 5.41) is 0. The van der Waals surface area contributed by atoms with Crippen LogP contribution in [0.3, 0.4) is 0 Å². The van der Waals surface area contributed by atoms with Gasteiger partial charge in [-0.3, -0.25) is 19.3 Å². The van der Waals surface area contributed by atoms with Gasteiger partial charge in [-0.15, -0.1) is 0 Å². The summed E-state index contributed by atoms with van der Waals surface area (Å²) in [4.78, 5) is 39.6. The molecule has 0 bridgehead atoms.